The van der Waals surface area contributed by atoms with Gasteiger partial charge in [-0.3, -0.25) is 0 Å². The molecule has 154 valence electrons. The molecule has 0 radical (unpaired) electrons. The summed E-state index contributed by atoms with van der Waals surface area (Å²) >= 11 is 0. The zero-order valence-electron chi connectivity index (χ0n) is 16.7. The molecule has 1 saturated carbocycles. The molecule has 6 heteroatoms. The third kappa shape index (κ3) is 4.61. The van der Waals surface area contributed by atoms with Crippen molar-refractivity contribution >= 4 is 5.97 Å². The van der Waals surface area contributed by atoms with Crippen LogP contribution in [0, 0.1) is 5.92 Å². The molecule has 2 atom stereocenters. The zero-order valence-corrected chi connectivity index (χ0v) is 16.7. The van der Waals surface area contributed by atoms with Crippen molar-refractivity contribution in [2.45, 2.75) is 43.6 Å². The number of halogens is 2. The van der Waals surface area contributed by atoms with E-state index in [0.29, 0.717) is 12.0 Å². The maximum atomic E-state index is 13.8. The lowest BCUT2D eigenvalue weighted by molar-refractivity contribution is -0.886. The van der Waals surface area contributed by atoms with Crippen molar-refractivity contribution in [3.05, 3.63) is 47.5 Å². The largest absolute Gasteiger partial charge is 0.463 e. The van der Waals surface area contributed by atoms with Crippen molar-refractivity contribution in [2.24, 2.45) is 5.92 Å². The van der Waals surface area contributed by atoms with Crippen LogP contribution < -0.4 is 0 Å². The topological polar surface area (TPSA) is 46.5 Å². The summed E-state index contributed by atoms with van der Waals surface area (Å²) in [5, 5.41) is 11.3. The molecule has 1 aromatic carbocycles. The van der Waals surface area contributed by atoms with Crippen LogP contribution in [-0.4, -0.2) is 55.3 Å². The summed E-state index contributed by atoms with van der Waals surface area (Å²) in [5.74, 6) is -4.54. The summed E-state index contributed by atoms with van der Waals surface area (Å²) in [6.45, 7) is 2.12. The van der Waals surface area contributed by atoms with Crippen LogP contribution in [0.4, 0.5) is 8.78 Å². The number of rotatable bonds is 6. The van der Waals surface area contributed by atoms with Gasteiger partial charge in [-0.05, 0) is 18.1 Å². The highest BCUT2D eigenvalue weighted by Crippen LogP contribution is 2.47. The van der Waals surface area contributed by atoms with Gasteiger partial charge in [-0.2, -0.15) is 0 Å². The van der Waals surface area contributed by atoms with Gasteiger partial charge >= 0.3 is 5.97 Å². The van der Waals surface area contributed by atoms with Gasteiger partial charge in [-0.25, -0.2) is 13.6 Å². The van der Waals surface area contributed by atoms with E-state index in [9.17, 15) is 18.7 Å². The first-order valence-corrected chi connectivity index (χ1v) is 9.95. The fraction of sp³-hybridized carbons (Fsp3) is 0.591. The Bertz CT molecular complexity index is 733. The van der Waals surface area contributed by atoms with Crippen molar-refractivity contribution < 1.29 is 27.9 Å². The number of hydrogen-bond acceptors (Lipinski definition) is 3. The van der Waals surface area contributed by atoms with E-state index in [0.717, 1.165) is 24.0 Å². The van der Waals surface area contributed by atoms with Gasteiger partial charge in [0, 0.05) is 31.6 Å². The van der Waals surface area contributed by atoms with E-state index in [-0.39, 0.29) is 19.4 Å². The maximum Gasteiger partial charge on any atom is 0.343 e. The van der Waals surface area contributed by atoms with Crippen molar-refractivity contribution in [3.8, 4) is 0 Å². The Morgan fingerprint density at radius 1 is 1.32 bits per heavy atom. The summed E-state index contributed by atoms with van der Waals surface area (Å²) < 4.78 is 33.9. The Hall–Kier alpha value is -1.79. The molecule has 1 fully saturated rings. The van der Waals surface area contributed by atoms with Gasteiger partial charge in [0.2, 0.25) is 5.92 Å². The number of aliphatic hydroxyl groups is 1. The van der Waals surface area contributed by atoms with Crippen molar-refractivity contribution in [2.75, 3.05) is 33.8 Å². The van der Waals surface area contributed by atoms with Gasteiger partial charge in [-0.15, -0.1) is 0 Å². The first-order valence-electron chi connectivity index (χ1n) is 9.95. The second kappa shape index (κ2) is 7.91. The average Bonchev–Trinajstić information content (AvgIpc) is 3.03. The van der Waals surface area contributed by atoms with Gasteiger partial charge in [0.15, 0.2) is 5.60 Å². The molecular weight excluding hydrogens is 364 g/mol. The van der Waals surface area contributed by atoms with Crippen molar-refractivity contribution in [1.29, 1.82) is 0 Å². The number of benzene rings is 1. The molecule has 2 aliphatic rings. The summed E-state index contributed by atoms with van der Waals surface area (Å²) in [4.78, 5) is 12.9. The van der Waals surface area contributed by atoms with E-state index in [1.807, 2.05) is 0 Å². The van der Waals surface area contributed by atoms with Crippen LogP contribution in [0.1, 0.15) is 37.7 Å². The van der Waals surface area contributed by atoms with Crippen LogP contribution in [0.3, 0.4) is 0 Å². The summed E-state index contributed by atoms with van der Waals surface area (Å²) in [5.41, 5.74) is -0.486. The first kappa shape index (κ1) is 20.9. The normalized spacial score (nSPS) is 25.6. The Kier molecular flexibility index (Phi) is 5.92. The molecule has 1 N–H and O–H groups in total. The molecular formula is C22H30F2NO3+. The smallest absolute Gasteiger partial charge is 0.343 e. The maximum absolute atomic E-state index is 13.8. The molecule has 1 aliphatic carbocycles. The third-order valence-corrected chi connectivity index (χ3v) is 6.09. The lowest BCUT2D eigenvalue weighted by Crippen LogP contribution is -2.44. The SMILES string of the molecule is C[N+]1(C)CC=C(CCOC(=O)[C@](O)(c2ccccc2)[C@@H]2CCC(F)(F)C2)CC1. The van der Waals surface area contributed by atoms with Crippen molar-refractivity contribution in [3.63, 3.8) is 0 Å². The van der Waals surface area contributed by atoms with E-state index < -0.39 is 29.8 Å². The second-order valence-corrected chi connectivity index (χ2v) is 8.77. The highest BCUT2D eigenvalue weighted by Gasteiger charge is 2.54. The molecule has 1 aromatic rings. The fourth-order valence-electron chi connectivity index (χ4n) is 4.15. The Balaban J connectivity index is 1.69. The number of esters is 1. The first-order chi connectivity index (χ1) is 13.1. The predicted molar refractivity (Wildman–Crippen MR) is 103 cm³/mol. The molecule has 0 aromatic heterocycles. The predicted octanol–water partition coefficient (Wildman–Crippen LogP) is 3.65. The Labute approximate surface area is 165 Å². The number of carbonyl (C=O) groups is 1. The molecule has 0 saturated heterocycles. The van der Waals surface area contributed by atoms with Crippen molar-refractivity contribution in [1.82, 2.24) is 0 Å². The van der Waals surface area contributed by atoms with Gasteiger partial charge in [0.1, 0.15) is 0 Å². The van der Waals surface area contributed by atoms with E-state index in [1.165, 1.54) is 5.57 Å². The van der Waals surface area contributed by atoms with E-state index in [2.05, 4.69) is 20.2 Å². The van der Waals surface area contributed by atoms with Crippen LogP contribution in [0.5, 0.6) is 0 Å². The molecule has 4 nitrogen and oxygen atoms in total. The monoisotopic (exact) mass is 394 g/mol. The quantitative estimate of drug-likeness (QED) is 0.455. The van der Waals surface area contributed by atoms with Gasteiger partial charge in [-0.1, -0.05) is 35.9 Å². The third-order valence-electron chi connectivity index (χ3n) is 6.09. The molecule has 0 spiro atoms. The minimum atomic E-state index is -2.86. The zero-order chi connectivity index (χ0) is 20.4. The Morgan fingerprint density at radius 3 is 2.61 bits per heavy atom. The minimum Gasteiger partial charge on any atom is -0.463 e. The number of likely N-dealkylation sites (N-methyl/N-ethyl adjacent to an activating group) is 1. The highest BCUT2D eigenvalue weighted by molar-refractivity contribution is 5.81. The highest BCUT2D eigenvalue weighted by atomic mass is 19.3. The number of carbonyl (C=O) groups excluding carboxylic acids is 1. The number of nitrogens with zero attached hydrogens (tertiary/aromatic N) is 1. The van der Waals surface area contributed by atoms with Gasteiger partial charge < -0.3 is 14.3 Å². The number of quaternary nitrogens is 1. The second-order valence-electron chi connectivity index (χ2n) is 8.77. The van der Waals surface area contributed by atoms with E-state index in [1.54, 1.807) is 30.3 Å². The molecule has 0 amide bonds. The molecule has 0 unspecified atom stereocenters. The number of alkyl halides is 2. The molecule has 3 rings (SSSR count). The lowest BCUT2D eigenvalue weighted by Gasteiger charge is -2.33. The van der Waals surface area contributed by atoms with E-state index in [4.69, 9.17) is 4.74 Å². The lowest BCUT2D eigenvalue weighted by atomic mass is 9.80. The molecule has 0 bridgehead atoms. The number of hydrogen-bond donors (Lipinski definition) is 1. The van der Waals surface area contributed by atoms with Crippen LogP contribution in [-0.2, 0) is 15.1 Å². The summed E-state index contributed by atoms with van der Waals surface area (Å²) in [7, 11) is 4.34. The Morgan fingerprint density at radius 2 is 2.04 bits per heavy atom. The fourth-order valence-corrected chi connectivity index (χ4v) is 4.15. The van der Waals surface area contributed by atoms with Crippen LogP contribution in [0.2, 0.25) is 0 Å². The molecule has 28 heavy (non-hydrogen) atoms. The van der Waals surface area contributed by atoms with Gasteiger partial charge in [0.25, 0.3) is 0 Å². The summed E-state index contributed by atoms with van der Waals surface area (Å²) in [6, 6.07) is 8.33. The van der Waals surface area contributed by atoms with Gasteiger partial charge in [0.05, 0.1) is 33.8 Å². The number of ether oxygens (including phenoxy) is 1. The van der Waals surface area contributed by atoms with E-state index >= 15 is 0 Å². The van der Waals surface area contributed by atoms with Crippen LogP contribution >= 0.6 is 0 Å². The standard InChI is InChI=1S/C22H30F2NO3/c1-25(2)13-9-17(10-14-25)11-15-28-20(26)22(27,18-6-4-3-5-7-18)19-8-12-21(23,24)16-19/h3-7,9,19,27H,8,10-16H2,1-2H3/q+1/t19-,22+/m1/s1. The molecule has 1 aliphatic heterocycles. The van der Waals surface area contributed by atoms with Crippen LogP contribution in [0.15, 0.2) is 42.0 Å². The average molecular weight is 394 g/mol. The summed E-state index contributed by atoms with van der Waals surface area (Å²) in [6.07, 6.45) is 3.00. The minimum absolute atomic E-state index is 0.0889. The van der Waals surface area contributed by atoms with Crippen LogP contribution in [0.25, 0.3) is 0 Å². The molecule has 1 heterocycles.